The van der Waals surface area contributed by atoms with Crippen LogP contribution in [-0.4, -0.2) is 54.3 Å². The molecule has 3 aliphatic carbocycles. The lowest BCUT2D eigenvalue weighted by atomic mass is 9.85. The van der Waals surface area contributed by atoms with Crippen molar-refractivity contribution in [3.8, 4) is 0 Å². The highest BCUT2D eigenvalue weighted by atomic mass is 32.1. The average molecular weight is 442 g/mol. The summed E-state index contributed by atoms with van der Waals surface area (Å²) in [4.78, 5) is 37.5. The van der Waals surface area contributed by atoms with E-state index in [2.05, 4.69) is 27.8 Å². The number of fused-ring (bicyclic) bond motifs is 6. The first-order chi connectivity index (χ1) is 15.2. The zero-order valence-corrected chi connectivity index (χ0v) is 18.9. The Bertz CT molecular complexity index is 870. The number of guanidine groups is 1. The minimum absolute atomic E-state index is 0.0164. The van der Waals surface area contributed by atoms with Gasteiger partial charge in [-0.2, -0.15) is 0 Å². The number of allylic oxidation sites excluding steroid dienone is 2. The zero-order valence-electron chi connectivity index (χ0n) is 18.1. The van der Waals surface area contributed by atoms with Crippen LogP contribution in [0.25, 0.3) is 0 Å². The van der Waals surface area contributed by atoms with Crippen LogP contribution in [-0.2, 0) is 28.9 Å². The van der Waals surface area contributed by atoms with E-state index in [0.717, 1.165) is 32.2 Å². The Balaban J connectivity index is 1.03. The van der Waals surface area contributed by atoms with Crippen LogP contribution in [0.15, 0.2) is 17.1 Å². The molecule has 2 heterocycles. The van der Waals surface area contributed by atoms with E-state index in [0.29, 0.717) is 19.0 Å². The van der Waals surface area contributed by atoms with E-state index >= 15 is 0 Å². The van der Waals surface area contributed by atoms with Crippen molar-refractivity contribution in [3.05, 3.63) is 27.7 Å². The second kappa shape index (κ2) is 8.73. The highest BCUT2D eigenvalue weighted by molar-refractivity contribution is 7.11. The van der Waals surface area contributed by atoms with Crippen LogP contribution >= 0.6 is 11.3 Å². The van der Waals surface area contributed by atoms with Crippen molar-refractivity contribution in [2.24, 2.45) is 28.7 Å². The van der Waals surface area contributed by atoms with Crippen molar-refractivity contribution in [2.45, 2.75) is 44.9 Å². The second-order valence-electron chi connectivity index (χ2n) is 9.04. The maximum Gasteiger partial charge on any atom is 0.233 e. The Morgan fingerprint density at radius 2 is 1.84 bits per heavy atom. The SMILES string of the molecule is CN=C(NCCCc1nc2c(s1)CCCC2)NCCN1C(=O)C2C3C=CC(C3)C2C1=O. The van der Waals surface area contributed by atoms with Crippen LogP contribution in [0.2, 0.25) is 0 Å². The summed E-state index contributed by atoms with van der Waals surface area (Å²) in [5, 5.41) is 7.82. The number of likely N-dealkylation sites (tertiary alicyclic amines) is 1. The number of carbonyl (C=O) groups excluding carboxylic acids is 2. The number of hydrogen-bond donors (Lipinski definition) is 2. The lowest BCUT2D eigenvalue weighted by Crippen LogP contribution is -2.44. The monoisotopic (exact) mass is 441 g/mol. The maximum atomic E-state index is 12.7. The number of carbonyl (C=O) groups is 2. The standard InChI is InChI=1S/C23H31N5O2S/c1-24-23(25-10-4-7-18-27-16-5-2-3-6-17(16)31-18)26-11-12-28-21(29)19-14-8-9-15(13-14)20(19)22(28)30/h8-9,14-15,19-20H,2-7,10-13H2,1H3,(H2,24,25,26). The molecule has 2 bridgehead atoms. The summed E-state index contributed by atoms with van der Waals surface area (Å²) in [7, 11) is 1.74. The van der Waals surface area contributed by atoms with Crippen LogP contribution in [0.5, 0.6) is 0 Å². The van der Waals surface area contributed by atoms with E-state index < -0.39 is 0 Å². The first-order valence-electron chi connectivity index (χ1n) is 11.6. The van der Waals surface area contributed by atoms with E-state index in [9.17, 15) is 9.59 Å². The molecule has 1 aromatic rings. The number of aryl methyl sites for hydroxylation is 3. The fraction of sp³-hybridized carbons (Fsp3) is 0.652. The third-order valence-electron chi connectivity index (χ3n) is 7.16. The third-order valence-corrected chi connectivity index (χ3v) is 8.38. The molecule has 0 aromatic carbocycles. The molecule has 7 nitrogen and oxygen atoms in total. The van der Waals surface area contributed by atoms with Gasteiger partial charge < -0.3 is 10.6 Å². The Hall–Kier alpha value is -2.22. The van der Waals surface area contributed by atoms with E-state index in [1.165, 1.54) is 39.7 Å². The van der Waals surface area contributed by atoms with Crippen LogP contribution < -0.4 is 10.6 Å². The molecule has 166 valence electrons. The van der Waals surface area contributed by atoms with Gasteiger partial charge in [0.2, 0.25) is 11.8 Å². The fourth-order valence-electron chi connectivity index (χ4n) is 5.65. The normalized spacial score (nSPS) is 28.9. The summed E-state index contributed by atoms with van der Waals surface area (Å²) in [5.74, 6) is 1.04. The number of nitrogens with one attached hydrogen (secondary N) is 2. The van der Waals surface area contributed by atoms with Crippen molar-refractivity contribution in [3.63, 3.8) is 0 Å². The van der Waals surface area contributed by atoms with Crippen molar-refractivity contribution >= 4 is 29.1 Å². The lowest BCUT2D eigenvalue weighted by Gasteiger charge is -2.18. The molecule has 0 radical (unpaired) electrons. The fourth-order valence-corrected chi connectivity index (χ4v) is 6.85. The van der Waals surface area contributed by atoms with Crippen LogP contribution in [0.4, 0.5) is 0 Å². The molecule has 1 saturated heterocycles. The molecule has 31 heavy (non-hydrogen) atoms. The molecule has 4 atom stereocenters. The summed E-state index contributed by atoms with van der Waals surface area (Å²) < 4.78 is 0. The Morgan fingerprint density at radius 3 is 2.55 bits per heavy atom. The van der Waals surface area contributed by atoms with Gasteiger partial charge in [0.1, 0.15) is 0 Å². The number of aromatic nitrogens is 1. The number of imide groups is 1. The average Bonchev–Trinajstić information content (AvgIpc) is 3.54. The number of aliphatic imine (C=N–C) groups is 1. The minimum atomic E-state index is -0.114. The number of thiazole rings is 1. The van der Waals surface area contributed by atoms with Crippen molar-refractivity contribution in [1.82, 2.24) is 20.5 Å². The molecule has 2 fully saturated rings. The first-order valence-corrected chi connectivity index (χ1v) is 12.4. The van der Waals surface area contributed by atoms with Gasteiger partial charge in [-0.05, 0) is 50.4 Å². The maximum absolute atomic E-state index is 12.7. The van der Waals surface area contributed by atoms with Gasteiger partial charge in [-0.15, -0.1) is 11.3 Å². The van der Waals surface area contributed by atoms with E-state index in [4.69, 9.17) is 4.98 Å². The largest absolute Gasteiger partial charge is 0.356 e. The number of nitrogens with zero attached hydrogens (tertiary/aromatic N) is 3. The highest BCUT2D eigenvalue weighted by Crippen LogP contribution is 2.52. The number of rotatable bonds is 7. The van der Waals surface area contributed by atoms with E-state index in [1.807, 2.05) is 11.3 Å². The molecule has 5 rings (SSSR count). The number of amides is 2. The lowest BCUT2D eigenvalue weighted by molar-refractivity contribution is -0.140. The van der Waals surface area contributed by atoms with Crippen LogP contribution in [0.3, 0.4) is 0 Å². The second-order valence-corrected chi connectivity index (χ2v) is 10.2. The quantitative estimate of drug-likeness (QED) is 0.222. The predicted octanol–water partition coefficient (Wildman–Crippen LogP) is 1.93. The molecule has 1 saturated carbocycles. The smallest absolute Gasteiger partial charge is 0.233 e. The Kier molecular flexibility index (Phi) is 5.82. The molecule has 4 unspecified atom stereocenters. The van der Waals surface area contributed by atoms with Crippen LogP contribution in [0, 0.1) is 23.7 Å². The molecule has 1 aliphatic heterocycles. The third kappa shape index (κ3) is 3.90. The molecule has 1 aromatic heterocycles. The Labute approximate surface area is 187 Å². The Morgan fingerprint density at radius 1 is 1.13 bits per heavy atom. The topological polar surface area (TPSA) is 86.7 Å². The van der Waals surface area contributed by atoms with Crippen molar-refractivity contribution in [1.29, 1.82) is 0 Å². The van der Waals surface area contributed by atoms with Gasteiger partial charge in [-0.1, -0.05) is 12.2 Å². The van der Waals surface area contributed by atoms with Gasteiger partial charge >= 0.3 is 0 Å². The summed E-state index contributed by atoms with van der Waals surface area (Å²) in [6, 6.07) is 0. The zero-order chi connectivity index (χ0) is 21.4. The van der Waals surface area contributed by atoms with Gasteiger partial charge in [-0.25, -0.2) is 4.98 Å². The van der Waals surface area contributed by atoms with Crippen molar-refractivity contribution < 1.29 is 9.59 Å². The van der Waals surface area contributed by atoms with E-state index in [-0.39, 0.29) is 35.5 Å². The molecule has 2 amide bonds. The van der Waals surface area contributed by atoms with Crippen LogP contribution in [0.1, 0.15) is 41.3 Å². The van der Waals surface area contributed by atoms with Gasteiger partial charge in [0.05, 0.1) is 22.5 Å². The number of hydrogen-bond acceptors (Lipinski definition) is 5. The van der Waals surface area contributed by atoms with Gasteiger partial charge in [0.15, 0.2) is 5.96 Å². The first kappa shape index (κ1) is 20.7. The molecule has 8 heteroatoms. The molecular weight excluding hydrogens is 410 g/mol. The van der Waals surface area contributed by atoms with Gasteiger partial charge in [0.25, 0.3) is 0 Å². The van der Waals surface area contributed by atoms with Gasteiger partial charge in [0, 0.05) is 38.0 Å². The summed E-state index contributed by atoms with van der Waals surface area (Å²) in [6.07, 6.45) is 12.1. The summed E-state index contributed by atoms with van der Waals surface area (Å²) in [6.45, 7) is 1.72. The molecule has 0 spiro atoms. The molecule has 2 N–H and O–H groups in total. The summed E-state index contributed by atoms with van der Waals surface area (Å²) >= 11 is 1.88. The van der Waals surface area contributed by atoms with Gasteiger partial charge in [-0.3, -0.25) is 19.5 Å². The molecule has 4 aliphatic rings. The predicted molar refractivity (Wildman–Crippen MR) is 121 cm³/mol. The molecular formula is C23H31N5O2S. The summed E-state index contributed by atoms with van der Waals surface area (Å²) in [5.41, 5.74) is 1.33. The van der Waals surface area contributed by atoms with Crippen molar-refractivity contribution in [2.75, 3.05) is 26.7 Å². The minimum Gasteiger partial charge on any atom is -0.356 e. The van der Waals surface area contributed by atoms with E-state index in [1.54, 1.807) is 7.05 Å². The highest BCUT2D eigenvalue weighted by Gasteiger charge is 2.58.